The zero-order valence-electron chi connectivity index (χ0n) is 17.1. The van der Waals surface area contributed by atoms with Crippen molar-refractivity contribution in [1.29, 1.82) is 0 Å². The van der Waals surface area contributed by atoms with Crippen LogP contribution in [0.15, 0.2) is 70.2 Å². The number of hydrazone groups is 1. The number of hydrogen-bond acceptors (Lipinski definition) is 4. The Hall–Kier alpha value is -2.74. The van der Waals surface area contributed by atoms with Crippen LogP contribution in [0.1, 0.15) is 18.1 Å². The lowest BCUT2D eigenvalue weighted by Crippen LogP contribution is -2.24. The van der Waals surface area contributed by atoms with E-state index in [9.17, 15) is 4.79 Å². The van der Waals surface area contributed by atoms with Crippen LogP contribution < -0.4 is 20.2 Å². The van der Waals surface area contributed by atoms with Gasteiger partial charge in [0.1, 0.15) is 6.61 Å². The quantitative estimate of drug-likeness (QED) is 0.243. The molecule has 0 spiro atoms. The minimum absolute atomic E-state index is 0.298. The van der Waals surface area contributed by atoms with E-state index in [0.717, 1.165) is 10.0 Å². The summed E-state index contributed by atoms with van der Waals surface area (Å²) < 4.78 is 12.4. The number of halogens is 3. The van der Waals surface area contributed by atoms with Crippen LogP contribution in [-0.2, 0) is 6.61 Å². The van der Waals surface area contributed by atoms with Crippen molar-refractivity contribution in [2.24, 2.45) is 5.10 Å². The highest BCUT2D eigenvalue weighted by atomic mass is 79.9. The highest BCUT2D eigenvalue weighted by Crippen LogP contribution is 2.34. The van der Waals surface area contributed by atoms with E-state index in [2.05, 4.69) is 31.8 Å². The lowest BCUT2D eigenvalue weighted by Gasteiger charge is -2.14. The maximum absolute atomic E-state index is 12.0. The Morgan fingerprint density at radius 3 is 2.50 bits per heavy atom. The molecule has 9 heteroatoms. The van der Waals surface area contributed by atoms with Crippen LogP contribution in [0.3, 0.4) is 0 Å². The molecule has 32 heavy (non-hydrogen) atoms. The predicted molar refractivity (Wildman–Crippen MR) is 132 cm³/mol. The lowest BCUT2D eigenvalue weighted by atomic mass is 10.2. The molecule has 0 bridgehead atoms. The van der Waals surface area contributed by atoms with E-state index in [1.165, 1.54) is 6.21 Å². The van der Waals surface area contributed by atoms with Gasteiger partial charge >= 0.3 is 6.03 Å². The molecule has 0 aromatic heterocycles. The van der Waals surface area contributed by atoms with Crippen LogP contribution in [0.5, 0.6) is 11.5 Å². The minimum atomic E-state index is -0.482. The summed E-state index contributed by atoms with van der Waals surface area (Å²) in [6.45, 7) is 2.64. The zero-order chi connectivity index (χ0) is 22.9. The standard InChI is InChI=1S/C23H20BrCl2N3O3/c1-2-31-21-11-16(13-27-29-23(30)28-18-9-7-17(25)8-10-18)19(24)12-22(21)32-14-15-5-3-4-6-20(15)26/h3-13H,2,14H2,1H3,(H2,28,29,30)/b27-13-. The Balaban J connectivity index is 1.67. The third-order valence-corrected chi connectivity index (χ3v) is 5.48. The van der Waals surface area contributed by atoms with Crippen molar-refractivity contribution in [2.45, 2.75) is 13.5 Å². The highest BCUT2D eigenvalue weighted by Gasteiger charge is 2.11. The maximum atomic E-state index is 12.0. The van der Waals surface area contributed by atoms with Crippen molar-refractivity contribution in [1.82, 2.24) is 5.43 Å². The van der Waals surface area contributed by atoms with Crippen LogP contribution in [0.4, 0.5) is 10.5 Å². The molecule has 166 valence electrons. The minimum Gasteiger partial charge on any atom is -0.490 e. The highest BCUT2D eigenvalue weighted by molar-refractivity contribution is 9.10. The molecule has 3 rings (SSSR count). The Labute approximate surface area is 204 Å². The first-order chi connectivity index (χ1) is 15.5. The topological polar surface area (TPSA) is 72.0 Å². The van der Waals surface area contributed by atoms with Gasteiger partial charge in [0, 0.05) is 31.3 Å². The molecule has 0 saturated carbocycles. The van der Waals surface area contributed by atoms with Crippen molar-refractivity contribution in [3.05, 3.63) is 86.3 Å². The molecule has 2 N–H and O–H groups in total. The number of nitrogens with zero attached hydrogens (tertiary/aromatic N) is 1. The second-order valence-electron chi connectivity index (χ2n) is 6.46. The molecule has 0 saturated heterocycles. The monoisotopic (exact) mass is 535 g/mol. The van der Waals surface area contributed by atoms with Crippen molar-refractivity contribution in [3.63, 3.8) is 0 Å². The first-order valence-electron chi connectivity index (χ1n) is 9.64. The third-order valence-electron chi connectivity index (χ3n) is 4.18. The number of carbonyl (C=O) groups excluding carboxylic acids is 1. The van der Waals surface area contributed by atoms with Gasteiger partial charge in [-0.25, -0.2) is 10.2 Å². The first kappa shape index (κ1) is 23.9. The number of benzene rings is 3. The third kappa shape index (κ3) is 6.88. The van der Waals surface area contributed by atoms with Crippen LogP contribution in [0.25, 0.3) is 0 Å². The number of rotatable bonds is 8. The molecule has 6 nitrogen and oxygen atoms in total. The van der Waals surface area contributed by atoms with Gasteiger partial charge in [-0.05, 0) is 65.3 Å². The molecule has 0 aliphatic rings. The first-order valence-corrected chi connectivity index (χ1v) is 11.2. The second kappa shape index (κ2) is 11.8. The van der Waals surface area contributed by atoms with E-state index in [4.69, 9.17) is 32.7 Å². The van der Waals surface area contributed by atoms with Gasteiger partial charge in [-0.1, -0.05) is 41.4 Å². The molecule has 0 aliphatic carbocycles. The Morgan fingerprint density at radius 2 is 1.78 bits per heavy atom. The largest absolute Gasteiger partial charge is 0.490 e. The summed E-state index contributed by atoms with van der Waals surface area (Å²) in [6.07, 6.45) is 1.51. The summed E-state index contributed by atoms with van der Waals surface area (Å²) in [6, 6.07) is 17.3. The summed E-state index contributed by atoms with van der Waals surface area (Å²) in [4.78, 5) is 12.0. The van der Waals surface area contributed by atoms with E-state index >= 15 is 0 Å². The molecule has 2 amide bonds. The number of hydrogen-bond donors (Lipinski definition) is 2. The molecule has 3 aromatic carbocycles. The summed E-state index contributed by atoms with van der Waals surface area (Å²) in [5, 5.41) is 7.87. The van der Waals surface area contributed by atoms with E-state index in [1.54, 1.807) is 36.4 Å². The number of urea groups is 1. The van der Waals surface area contributed by atoms with Gasteiger partial charge in [0.25, 0.3) is 0 Å². The van der Waals surface area contributed by atoms with Gasteiger partial charge in [-0.15, -0.1) is 0 Å². The molecule has 0 fully saturated rings. The van der Waals surface area contributed by atoms with Crippen LogP contribution in [0, 0.1) is 0 Å². The van der Waals surface area contributed by atoms with Crippen LogP contribution >= 0.6 is 39.1 Å². The van der Waals surface area contributed by atoms with Gasteiger partial charge in [-0.3, -0.25) is 0 Å². The van der Waals surface area contributed by atoms with Gasteiger partial charge in [0.2, 0.25) is 0 Å². The molecular formula is C23H20BrCl2N3O3. The van der Waals surface area contributed by atoms with Crippen molar-refractivity contribution >= 4 is 57.1 Å². The smallest absolute Gasteiger partial charge is 0.339 e. The number of amides is 2. The summed E-state index contributed by atoms with van der Waals surface area (Å²) in [5.41, 5.74) is 4.59. The van der Waals surface area contributed by atoms with E-state index in [0.29, 0.717) is 46.0 Å². The fraction of sp³-hybridized carbons (Fsp3) is 0.130. The molecule has 0 radical (unpaired) electrons. The fourth-order valence-electron chi connectivity index (χ4n) is 2.65. The molecule has 3 aromatic rings. The second-order valence-corrected chi connectivity index (χ2v) is 8.16. The Kier molecular flexibility index (Phi) is 8.79. The van der Waals surface area contributed by atoms with Crippen molar-refractivity contribution < 1.29 is 14.3 Å². The number of nitrogens with one attached hydrogen (secondary N) is 2. The number of anilines is 1. The van der Waals surface area contributed by atoms with Crippen molar-refractivity contribution in [2.75, 3.05) is 11.9 Å². The predicted octanol–water partition coefficient (Wildman–Crippen LogP) is 6.89. The maximum Gasteiger partial charge on any atom is 0.339 e. The summed E-state index contributed by atoms with van der Waals surface area (Å²) in [7, 11) is 0. The van der Waals surface area contributed by atoms with E-state index in [1.807, 2.05) is 31.2 Å². The lowest BCUT2D eigenvalue weighted by molar-refractivity contribution is 0.252. The SMILES string of the molecule is CCOc1cc(/C=N\NC(=O)Nc2ccc(Cl)cc2)c(Br)cc1OCc1ccccc1Cl. The molecule has 0 atom stereocenters. The number of carbonyl (C=O) groups is 1. The average molecular weight is 537 g/mol. The van der Waals surface area contributed by atoms with Crippen molar-refractivity contribution in [3.8, 4) is 11.5 Å². The molecular weight excluding hydrogens is 517 g/mol. The molecule has 0 unspecified atom stereocenters. The summed E-state index contributed by atoms with van der Waals surface area (Å²) >= 11 is 15.5. The molecule has 0 aliphatic heterocycles. The Bertz CT molecular complexity index is 1110. The van der Waals surface area contributed by atoms with Gasteiger partial charge in [-0.2, -0.15) is 5.10 Å². The van der Waals surface area contributed by atoms with Crippen LogP contribution in [0.2, 0.25) is 10.0 Å². The van der Waals surface area contributed by atoms with Crippen LogP contribution in [-0.4, -0.2) is 18.9 Å². The normalized spacial score (nSPS) is 10.8. The number of ether oxygens (including phenoxy) is 2. The zero-order valence-corrected chi connectivity index (χ0v) is 20.2. The summed E-state index contributed by atoms with van der Waals surface area (Å²) in [5.74, 6) is 1.11. The van der Waals surface area contributed by atoms with Gasteiger partial charge in [0.05, 0.1) is 12.8 Å². The fourth-order valence-corrected chi connectivity index (χ4v) is 3.40. The van der Waals surface area contributed by atoms with Gasteiger partial charge < -0.3 is 14.8 Å². The van der Waals surface area contributed by atoms with Gasteiger partial charge in [0.15, 0.2) is 11.5 Å². The molecule has 0 heterocycles. The van der Waals surface area contributed by atoms with E-state index < -0.39 is 6.03 Å². The average Bonchev–Trinajstić information content (AvgIpc) is 2.77. The Morgan fingerprint density at radius 1 is 1.06 bits per heavy atom. The van der Waals surface area contributed by atoms with E-state index in [-0.39, 0.29) is 0 Å².